The average Bonchev–Trinajstić information content (AvgIpc) is 2.74. The maximum absolute atomic E-state index is 12.7. The number of allylic oxidation sites excluding steroid dienone is 1. The topological polar surface area (TPSA) is 59.2 Å². The summed E-state index contributed by atoms with van der Waals surface area (Å²) in [5.41, 5.74) is 5.22. The van der Waals surface area contributed by atoms with Crippen molar-refractivity contribution in [1.82, 2.24) is 4.98 Å². The minimum atomic E-state index is -0.104. The smallest absolute Gasteiger partial charge is 0.251 e. The van der Waals surface area contributed by atoms with Crippen LogP contribution in [0, 0.1) is 13.8 Å². The molecule has 0 saturated carbocycles. The van der Waals surface area contributed by atoms with Gasteiger partial charge in [-0.1, -0.05) is 5.57 Å². The zero-order chi connectivity index (χ0) is 18.8. The summed E-state index contributed by atoms with van der Waals surface area (Å²) in [5.74, 6) is 0.833. The number of aromatic nitrogens is 1. The first kappa shape index (κ1) is 18.6. The number of carbonyl (C=O) groups excluding carboxylic acids is 1. The average molecular weight is 416 g/mol. The van der Waals surface area contributed by atoms with E-state index in [0.29, 0.717) is 30.6 Å². The molecule has 136 valence electrons. The number of halogens is 1. The van der Waals surface area contributed by atoms with Crippen LogP contribution in [0.3, 0.4) is 0 Å². The van der Waals surface area contributed by atoms with Crippen LogP contribution in [0.2, 0.25) is 0 Å². The highest BCUT2D eigenvalue weighted by Crippen LogP contribution is 2.34. The lowest BCUT2D eigenvalue weighted by Gasteiger charge is -2.12. The van der Waals surface area contributed by atoms with E-state index < -0.39 is 0 Å². The number of aryl methyl sites for hydroxylation is 2. The summed E-state index contributed by atoms with van der Waals surface area (Å²) in [5, 5.41) is 0. The molecule has 1 aliphatic heterocycles. The van der Waals surface area contributed by atoms with Gasteiger partial charge in [0.1, 0.15) is 12.4 Å². The van der Waals surface area contributed by atoms with Gasteiger partial charge in [-0.15, -0.1) is 0 Å². The third-order valence-electron chi connectivity index (χ3n) is 4.67. The van der Waals surface area contributed by atoms with Crippen LogP contribution in [-0.4, -0.2) is 17.4 Å². The number of hydrogen-bond acceptors (Lipinski definition) is 3. The molecule has 0 atom stereocenters. The van der Waals surface area contributed by atoms with Gasteiger partial charge in [-0.3, -0.25) is 9.59 Å². The highest BCUT2D eigenvalue weighted by atomic mass is 79.9. The van der Waals surface area contributed by atoms with E-state index in [1.807, 2.05) is 32.0 Å². The van der Waals surface area contributed by atoms with Crippen molar-refractivity contribution in [2.75, 3.05) is 6.61 Å². The van der Waals surface area contributed by atoms with Gasteiger partial charge in [0.25, 0.3) is 5.56 Å². The first-order valence-corrected chi connectivity index (χ1v) is 9.48. The fourth-order valence-electron chi connectivity index (χ4n) is 3.32. The lowest BCUT2D eigenvalue weighted by molar-refractivity contribution is 0.0982. The van der Waals surface area contributed by atoms with E-state index in [4.69, 9.17) is 4.74 Å². The molecular formula is C21H22BrNO3. The molecule has 5 heteroatoms. The zero-order valence-electron chi connectivity index (χ0n) is 15.2. The maximum atomic E-state index is 12.7. The third-order valence-corrected chi connectivity index (χ3v) is 5.26. The van der Waals surface area contributed by atoms with Gasteiger partial charge in [0.2, 0.25) is 0 Å². The van der Waals surface area contributed by atoms with E-state index in [1.165, 1.54) is 5.57 Å². The molecule has 0 saturated heterocycles. The third kappa shape index (κ3) is 3.98. The lowest BCUT2D eigenvalue weighted by Crippen LogP contribution is -2.17. The minimum absolute atomic E-state index is 0.0266. The largest absolute Gasteiger partial charge is 0.488 e. The molecule has 1 aromatic carbocycles. The van der Waals surface area contributed by atoms with Crippen LogP contribution in [-0.2, 0) is 12.8 Å². The van der Waals surface area contributed by atoms with Crippen LogP contribution in [0.25, 0.3) is 0 Å². The molecular weight excluding hydrogens is 394 g/mol. The summed E-state index contributed by atoms with van der Waals surface area (Å²) in [7, 11) is 0. The molecule has 0 unspecified atom stereocenters. The van der Waals surface area contributed by atoms with Gasteiger partial charge < -0.3 is 9.72 Å². The van der Waals surface area contributed by atoms with Gasteiger partial charge in [-0.25, -0.2) is 0 Å². The predicted octanol–water partition coefficient (Wildman–Crippen LogP) is 4.45. The Balaban J connectivity index is 1.82. The minimum Gasteiger partial charge on any atom is -0.488 e. The normalized spacial score (nSPS) is 13.5. The molecule has 2 aromatic rings. The molecule has 0 radical (unpaired) electrons. The van der Waals surface area contributed by atoms with E-state index in [9.17, 15) is 9.59 Å². The maximum Gasteiger partial charge on any atom is 0.251 e. The van der Waals surface area contributed by atoms with Gasteiger partial charge >= 0.3 is 0 Å². The second-order valence-electron chi connectivity index (χ2n) is 6.85. The van der Waals surface area contributed by atoms with Gasteiger partial charge in [-0.05, 0) is 79.4 Å². The number of ether oxygens (including phenoxy) is 1. The van der Waals surface area contributed by atoms with Crippen LogP contribution in [0.1, 0.15) is 46.1 Å². The number of carbonyl (C=O) groups is 1. The molecule has 4 nitrogen and oxygen atoms in total. The number of ketones is 1. The highest BCUT2D eigenvalue weighted by molar-refractivity contribution is 9.10. The summed E-state index contributed by atoms with van der Waals surface area (Å²) in [6, 6.07) is 5.66. The van der Waals surface area contributed by atoms with Crippen LogP contribution in [0.4, 0.5) is 0 Å². The van der Waals surface area contributed by atoms with E-state index >= 15 is 0 Å². The fraction of sp³-hybridized carbons (Fsp3) is 0.333. The van der Waals surface area contributed by atoms with Gasteiger partial charge in [0, 0.05) is 28.8 Å². The van der Waals surface area contributed by atoms with Crippen LogP contribution < -0.4 is 10.3 Å². The number of aromatic amines is 1. The van der Waals surface area contributed by atoms with Gasteiger partial charge in [0.05, 0.1) is 4.47 Å². The number of benzene rings is 1. The van der Waals surface area contributed by atoms with Crippen LogP contribution in [0.15, 0.2) is 39.1 Å². The van der Waals surface area contributed by atoms with Crippen molar-refractivity contribution in [3.8, 4) is 5.75 Å². The number of hydrogen-bond donors (Lipinski definition) is 1. The summed E-state index contributed by atoms with van der Waals surface area (Å²) in [6.45, 7) is 6.37. The first-order chi connectivity index (χ1) is 12.3. The van der Waals surface area contributed by atoms with E-state index in [0.717, 1.165) is 33.5 Å². The molecule has 1 aliphatic rings. The molecule has 0 amide bonds. The summed E-state index contributed by atoms with van der Waals surface area (Å²) >= 11 is 3.53. The Kier molecular flexibility index (Phi) is 5.47. The molecule has 3 rings (SSSR count). The Bertz CT molecular complexity index is 956. The van der Waals surface area contributed by atoms with Crippen molar-refractivity contribution in [3.63, 3.8) is 0 Å². The summed E-state index contributed by atoms with van der Waals surface area (Å²) < 4.78 is 6.57. The molecule has 1 aromatic heterocycles. The number of H-pyrrole nitrogens is 1. The van der Waals surface area contributed by atoms with Crippen molar-refractivity contribution < 1.29 is 9.53 Å². The Morgan fingerprint density at radius 1 is 1.23 bits per heavy atom. The van der Waals surface area contributed by atoms with E-state index in [1.54, 1.807) is 0 Å². The Morgan fingerprint density at radius 3 is 2.73 bits per heavy atom. The molecule has 0 aliphatic carbocycles. The second-order valence-corrected chi connectivity index (χ2v) is 7.71. The molecule has 0 fully saturated rings. The lowest BCUT2D eigenvalue weighted by atomic mass is 9.97. The summed E-state index contributed by atoms with van der Waals surface area (Å²) in [4.78, 5) is 27.7. The molecule has 2 heterocycles. The molecule has 0 spiro atoms. The standard InChI is InChI=1S/C21H22BrNO3/c1-12-6-7-26-20-16(8-12)10-15(11-18(20)22)19(24)5-4-17-13(2)9-14(3)23-21(17)25/h6,9-11H,4-5,7-8H2,1-3H3,(H,23,25). The number of pyridine rings is 1. The monoisotopic (exact) mass is 415 g/mol. The number of rotatable bonds is 4. The van der Waals surface area contributed by atoms with Crippen LogP contribution >= 0.6 is 15.9 Å². The highest BCUT2D eigenvalue weighted by Gasteiger charge is 2.17. The zero-order valence-corrected chi connectivity index (χ0v) is 16.8. The summed E-state index contributed by atoms with van der Waals surface area (Å²) in [6.07, 6.45) is 3.56. The van der Waals surface area contributed by atoms with E-state index in [2.05, 4.69) is 33.9 Å². The Hall–Kier alpha value is -2.14. The number of fused-ring (bicyclic) bond motifs is 1. The van der Waals surface area contributed by atoms with Crippen molar-refractivity contribution in [2.24, 2.45) is 0 Å². The van der Waals surface area contributed by atoms with Crippen molar-refractivity contribution in [1.29, 1.82) is 0 Å². The predicted molar refractivity (Wildman–Crippen MR) is 106 cm³/mol. The van der Waals surface area contributed by atoms with Crippen molar-refractivity contribution in [3.05, 3.63) is 72.6 Å². The van der Waals surface area contributed by atoms with Crippen molar-refractivity contribution >= 4 is 21.7 Å². The Labute approximate surface area is 161 Å². The quantitative estimate of drug-likeness (QED) is 0.592. The molecule has 26 heavy (non-hydrogen) atoms. The number of Topliss-reactive ketones (excluding diaryl/α,β-unsaturated/α-hetero) is 1. The van der Waals surface area contributed by atoms with Crippen LogP contribution in [0.5, 0.6) is 5.75 Å². The fourth-order valence-corrected chi connectivity index (χ4v) is 3.94. The van der Waals surface area contributed by atoms with E-state index in [-0.39, 0.29) is 11.3 Å². The van der Waals surface area contributed by atoms with Crippen molar-refractivity contribution in [2.45, 2.75) is 40.0 Å². The number of nitrogens with one attached hydrogen (secondary N) is 1. The Morgan fingerprint density at radius 2 is 2.00 bits per heavy atom. The molecule has 0 bridgehead atoms. The van der Waals surface area contributed by atoms with Gasteiger partial charge in [0.15, 0.2) is 5.78 Å². The van der Waals surface area contributed by atoms with Gasteiger partial charge in [-0.2, -0.15) is 0 Å². The first-order valence-electron chi connectivity index (χ1n) is 8.68. The second kappa shape index (κ2) is 7.62. The molecule has 1 N–H and O–H groups in total. The SMILES string of the molecule is CC1=CCOc2c(Br)cc(C(=O)CCc3c(C)cc(C)[nH]c3=O)cc2C1.